The maximum Gasteiger partial charge on any atom is 0.342 e. The number of hydrogen-bond donors (Lipinski definition) is 2. The lowest BCUT2D eigenvalue weighted by molar-refractivity contribution is -0.119. The summed E-state index contributed by atoms with van der Waals surface area (Å²) in [6, 6.07) is 4.89. The molecule has 0 aromatic heterocycles. The van der Waals surface area contributed by atoms with E-state index in [0.29, 0.717) is 18.4 Å². The number of aliphatic hydroxyl groups excluding tert-OH is 1. The third kappa shape index (κ3) is 4.68. The Kier molecular flexibility index (Phi) is 6.15. The van der Waals surface area contributed by atoms with E-state index in [2.05, 4.69) is 0 Å². The average Bonchev–Trinajstić information content (AvgIpc) is 2.49. The summed E-state index contributed by atoms with van der Waals surface area (Å²) >= 11 is 0. The van der Waals surface area contributed by atoms with Crippen LogP contribution in [0.5, 0.6) is 5.75 Å². The number of fused-ring (bicyclic) bond motifs is 1. The molecule has 0 saturated heterocycles. The van der Waals surface area contributed by atoms with Crippen molar-refractivity contribution in [3.63, 3.8) is 0 Å². The number of phenols is 1. The first-order valence-electron chi connectivity index (χ1n) is 8.22. The number of benzene rings is 1. The number of phenolic OH excluding ortho intramolecular Hbond substituents is 1. The average molecular weight is 332 g/mol. The molecule has 3 atom stereocenters. The number of Topliss-reactive ketones (excluding diaryl/α,β-unsaturated/α-hetero) is 1. The molecule has 0 amide bonds. The second-order valence-electron chi connectivity index (χ2n) is 6.44. The number of aromatic hydroxyl groups is 1. The largest absolute Gasteiger partial charge is 0.507 e. The number of hydrogen-bond acceptors (Lipinski definition) is 5. The molecule has 0 radical (unpaired) electrons. The predicted molar refractivity (Wildman–Crippen MR) is 89.9 cm³/mol. The Labute approximate surface area is 142 Å². The molecule has 0 aliphatic carbocycles. The van der Waals surface area contributed by atoms with Gasteiger partial charge in [0.2, 0.25) is 0 Å². The Morgan fingerprint density at radius 3 is 2.79 bits per heavy atom. The van der Waals surface area contributed by atoms with Gasteiger partial charge in [0.25, 0.3) is 0 Å². The molecule has 2 rings (SSSR count). The minimum absolute atomic E-state index is 0.00233. The maximum atomic E-state index is 12.5. The Bertz CT molecular complexity index is 635. The molecular formula is C19H24O5. The van der Waals surface area contributed by atoms with E-state index in [0.717, 1.165) is 0 Å². The van der Waals surface area contributed by atoms with Gasteiger partial charge in [-0.1, -0.05) is 31.2 Å². The summed E-state index contributed by atoms with van der Waals surface area (Å²) in [5, 5.41) is 20.3. The lowest BCUT2D eigenvalue weighted by Gasteiger charge is -2.24. The van der Waals surface area contributed by atoms with Gasteiger partial charge in [-0.25, -0.2) is 4.79 Å². The van der Waals surface area contributed by atoms with Crippen LogP contribution in [-0.2, 0) is 16.0 Å². The number of allylic oxidation sites excluding steroid dienone is 2. The zero-order valence-corrected chi connectivity index (χ0v) is 14.1. The number of ether oxygens (including phenoxy) is 1. The number of carbonyl (C=O) groups excluding carboxylic acids is 2. The standard InChI is InChI=1S/C19H24O5/c1-12-6-3-4-7-14-8-5-9-16(21)18(14)19(23)24-15(10-13(2)20)11-17(12)22/h3-5,8-9,12,15,17,21-22H,6-7,10-11H2,1-2H3/b4-3+. The van der Waals surface area contributed by atoms with Crippen LogP contribution in [0.4, 0.5) is 0 Å². The van der Waals surface area contributed by atoms with Crippen LogP contribution < -0.4 is 0 Å². The van der Waals surface area contributed by atoms with Crippen molar-refractivity contribution in [1.29, 1.82) is 0 Å². The Balaban J connectivity index is 2.37. The van der Waals surface area contributed by atoms with Crippen molar-refractivity contribution >= 4 is 11.8 Å². The molecule has 0 spiro atoms. The zero-order chi connectivity index (χ0) is 17.7. The van der Waals surface area contributed by atoms with Gasteiger partial charge in [0, 0.05) is 12.8 Å². The van der Waals surface area contributed by atoms with Crippen molar-refractivity contribution in [2.75, 3.05) is 0 Å². The van der Waals surface area contributed by atoms with Gasteiger partial charge in [0.1, 0.15) is 23.2 Å². The van der Waals surface area contributed by atoms with Crippen LogP contribution in [0.1, 0.15) is 49.0 Å². The molecule has 1 aromatic carbocycles. The topological polar surface area (TPSA) is 83.8 Å². The van der Waals surface area contributed by atoms with Crippen molar-refractivity contribution in [2.45, 2.75) is 51.7 Å². The highest BCUT2D eigenvalue weighted by Crippen LogP contribution is 2.26. The van der Waals surface area contributed by atoms with E-state index in [1.54, 1.807) is 12.1 Å². The summed E-state index contributed by atoms with van der Waals surface area (Å²) in [4.78, 5) is 24.0. The van der Waals surface area contributed by atoms with Crippen LogP contribution >= 0.6 is 0 Å². The fraction of sp³-hybridized carbons (Fsp3) is 0.474. The Hall–Kier alpha value is -2.14. The van der Waals surface area contributed by atoms with E-state index in [4.69, 9.17) is 4.74 Å². The number of carbonyl (C=O) groups is 2. The third-order valence-corrected chi connectivity index (χ3v) is 4.30. The maximum absolute atomic E-state index is 12.5. The summed E-state index contributed by atoms with van der Waals surface area (Å²) in [6.07, 6.45) is 3.93. The molecule has 5 nitrogen and oxygen atoms in total. The lowest BCUT2D eigenvalue weighted by atomic mass is 9.93. The number of aliphatic hydroxyl groups is 1. The Morgan fingerprint density at radius 1 is 1.33 bits per heavy atom. The highest BCUT2D eigenvalue weighted by molar-refractivity contribution is 5.94. The van der Waals surface area contributed by atoms with E-state index in [1.807, 2.05) is 19.1 Å². The summed E-state index contributed by atoms with van der Waals surface area (Å²) in [5.74, 6) is -0.920. The normalized spacial score (nSPS) is 26.5. The van der Waals surface area contributed by atoms with Crippen LogP contribution in [0, 0.1) is 5.92 Å². The summed E-state index contributed by atoms with van der Waals surface area (Å²) in [5.41, 5.74) is 0.797. The number of cyclic esters (lactones) is 1. The van der Waals surface area contributed by atoms with Gasteiger partial charge in [0.15, 0.2) is 0 Å². The summed E-state index contributed by atoms with van der Waals surface area (Å²) in [7, 11) is 0. The van der Waals surface area contributed by atoms with Crippen molar-refractivity contribution in [3.8, 4) is 5.75 Å². The van der Waals surface area contributed by atoms with Crippen molar-refractivity contribution in [3.05, 3.63) is 41.5 Å². The highest BCUT2D eigenvalue weighted by Gasteiger charge is 2.26. The molecule has 130 valence electrons. The molecule has 3 unspecified atom stereocenters. The van der Waals surface area contributed by atoms with E-state index in [1.165, 1.54) is 13.0 Å². The highest BCUT2D eigenvalue weighted by atomic mass is 16.5. The van der Waals surface area contributed by atoms with Crippen molar-refractivity contribution in [2.24, 2.45) is 5.92 Å². The van der Waals surface area contributed by atoms with E-state index < -0.39 is 18.2 Å². The van der Waals surface area contributed by atoms with Crippen molar-refractivity contribution in [1.82, 2.24) is 0 Å². The third-order valence-electron chi connectivity index (χ3n) is 4.30. The fourth-order valence-corrected chi connectivity index (χ4v) is 2.88. The van der Waals surface area contributed by atoms with Gasteiger partial charge in [-0.2, -0.15) is 0 Å². The fourth-order valence-electron chi connectivity index (χ4n) is 2.88. The molecule has 5 heteroatoms. The second-order valence-corrected chi connectivity index (χ2v) is 6.44. The minimum atomic E-state index is -0.705. The monoisotopic (exact) mass is 332 g/mol. The number of rotatable bonds is 2. The van der Waals surface area contributed by atoms with Crippen LogP contribution in [0.25, 0.3) is 0 Å². The molecule has 0 bridgehead atoms. The number of esters is 1. The van der Waals surface area contributed by atoms with Gasteiger partial charge < -0.3 is 14.9 Å². The van der Waals surface area contributed by atoms with Gasteiger partial charge in [-0.3, -0.25) is 4.79 Å². The predicted octanol–water partition coefficient (Wildman–Crippen LogP) is 2.79. The molecule has 1 aromatic rings. The molecule has 1 aliphatic rings. The van der Waals surface area contributed by atoms with Crippen LogP contribution in [0.3, 0.4) is 0 Å². The molecule has 2 N–H and O–H groups in total. The van der Waals surface area contributed by atoms with Gasteiger partial charge in [-0.15, -0.1) is 0 Å². The number of ketones is 1. The van der Waals surface area contributed by atoms with Gasteiger partial charge in [-0.05, 0) is 37.3 Å². The molecule has 1 heterocycles. The van der Waals surface area contributed by atoms with Crippen LogP contribution in [0.2, 0.25) is 0 Å². The Morgan fingerprint density at radius 2 is 2.08 bits per heavy atom. The minimum Gasteiger partial charge on any atom is -0.507 e. The first kappa shape index (κ1) is 18.2. The molecule has 1 aliphatic heterocycles. The summed E-state index contributed by atoms with van der Waals surface area (Å²) < 4.78 is 5.46. The molecule has 0 saturated carbocycles. The van der Waals surface area contributed by atoms with E-state index >= 15 is 0 Å². The van der Waals surface area contributed by atoms with Gasteiger partial charge in [0.05, 0.1) is 6.10 Å². The quantitative estimate of drug-likeness (QED) is 0.643. The van der Waals surface area contributed by atoms with E-state index in [9.17, 15) is 19.8 Å². The SMILES string of the molecule is CC(=O)CC1CC(O)C(C)C/C=C/Cc2cccc(O)c2C(=O)O1. The van der Waals surface area contributed by atoms with Gasteiger partial charge >= 0.3 is 5.97 Å². The van der Waals surface area contributed by atoms with Crippen LogP contribution in [0.15, 0.2) is 30.4 Å². The van der Waals surface area contributed by atoms with E-state index in [-0.39, 0.29) is 35.9 Å². The smallest absolute Gasteiger partial charge is 0.342 e. The summed E-state index contributed by atoms with van der Waals surface area (Å²) in [6.45, 7) is 3.35. The van der Waals surface area contributed by atoms with Crippen LogP contribution in [-0.4, -0.2) is 34.2 Å². The lowest BCUT2D eigenvalue weighted by Crippen LogP contribution is -2.29. The second kappa shape index (κ2) is 8.11. The first-order valence-corrected chi connectivity index (χ1v) is 8.22. The molecule has 24 heavy (non-hydrogen) atoms. The van der Waals surface area contributed by atoms with Crippen molar-refractivity contribution < 1.29 is 24.5 Å². The molecule has 0 fully saturated rings. The molecular weight excluding hydrogens is 308 g/mol. The zero-order valence-electron chi connectivity index (χ0n) is 14.1. The first-order chi connectivity index (χ1) is 11.4.